The van der Waals surface area contributed by atoms with Crippen LogP contribution in [0.15, 0.2) is 60.8 Å². The quantitative estimate of drug-likeness (QED) is 0.0380. The summed E-state index contributed by atoms with van der Waals surface area (Å²) in [6.07, 6.45) is 52.1. The molecular weight excluding hydrogens is 634 g/mol. The average molecular weight is 712 g/mol. The second kappa shape index (κ2) is 39.9. The first-order chi connectivity index (χ1) is 25.0. The minimum Gasteiger partial charge on any atom is -0.480 e. The Labute approximate surface area is 313 Å². The van der Waals surface area contributed by atoms with Crippen molar-refractivity contribution in [3.05, 3.63) is 60.8 Å². The lowest BCUT2D eigenvalue weighted by Gasteiger charge is -2.14. The Bertz CT molecular complexity index is 964. The Morgan fingerprint density at radius 1 is 0.529 bits per heavy atom. The number of aliphatic carboxylic acids is 1. The van der Waals surface area contributed by atoms with Crippen LogP contribution in [0.1, 0.15) is 194 Å². The van der Waals surface area contributed by atoms with E-state index in [9.17, 15) is 14.4 Å². The van der Waals surface area contributed by atoms with Crippen LogP contribution in [0.2, 0.25) is 0 Å². The van der Waals surface area contributed by atoms with Crippen LogP contribution in [0.3, 0.4) is 0 Å². The standard InChI is InChI=1S/C45H77NO5/c1-3-5-7-9-11-13-15-16-17-18-19-20-21-23-25-27-32-36-40-45(50)51-42(37-33-29-26-24-22-14-12-10-8-6-4-2)38-34-30-28-31-35-39-43(47)46-41-44(48)49/h12-15,17-18,24,26,33,37,42H,3-11,16,19-23,25,27-32,34-36,38-41H2,1-2H3,(H,46,47)(H,48,49)/b14-12-,15-13-,18-17-,26-24-,37-33-. The van der Waals surface area contributed by atoms with Gasteiger partial charge in [-0.2, -0.15) is 0 Å². The first-order valence-electron chi connectivity index (χ1n) is 20.9. The SMILES string of the molecule is CCCCC/C=C\C/C=C\C/C=C\C(CCCCCCCC(=O)NCC(=O)O)OC(=O)CCCCCCCCC/C=C\C/C=C\CCCCCC. The molecule has 0 radical (unpaired) electrons. The molecule has 0 saturated heterocycles. The molecular formula is C45H77NO5. The van der Waals surface area contributed by atoms with Gasteiger partial charge < -0.3 is 15.2 Å². The number of carbonyl (C=O) groups excluding carboxylic acids is 2. The van der Waals surface area contributed by atoms with Gasteiger partial charge in [0, 0.05) is 12.8 Å². The fourth-order valence-corrected chi connectivity index (χ4v) is 5.76. The minimum atomic E-state index is -1.03. The Morgan fingerprint density at radius 2 is 0.961 bits per heavy atom. The van der Waals surface area contributed by atoms with Crippen LogP contribution in [-0.2, 0) is 19.1 Å². The van der Waals surface area contributed by atoms with Crippen LogP contribution in [-0.4, -0.2) is 35.6 Å². The molecule has 0 spiro atoms. The second-order valence-corrected chi connectivity index (χ2v) is 13.9. The second-order valence-electron chi connectivity index (χ2n) is 13.9. The molecule has 0 bridgehead atoms. The molecule has 6 heteroatoms. The Morgan fingerprint density at radius 3 is 1.53 bits per heavy atom. The number of carboxylic acid groups (broad SMARTS) is 1. The molecule has 6 nitrogen and oxygen atoms in total. The van der Waals surface area contributed by atoms with E-state index in [-0.39, 0.29) is 24.5 Å². The van der Waals surface area contributed by atoms with Crippen molar-refractivity contribution in [2.45, 2.75) is 200 Å². The van der Waals surface area contributed by atoms with E-state index in [1.165, 1.54) is 89.9 Å². The van der Waals surface area contributed by atoms with Gasteiger partial charge in [-0.3, -0.25) is 14.4 Å². The van der Waals surface area contributed by atoms with Crippen molar-refractivity contribution in [3.63, 3.8) is 0 Å². The van der Waals surface area contributed by atoms with Crippen LogP contribution < -0.4 is 5.32 Å². The molecule has 0 aliphatic heterocycles. The maximum atomic E-state index is 12.7. The zero-order valence-corrected chi connectivity index (χ0v) is 32.9. The van der Waals surface area contributed by atoms with E-state index in [0.29, 0.717) is 12.8 Å². The lowest BCUT2D eigenvalue weighted by Crippen LogP contribution is -2.28. The number of carbonyl (C=O) groups is 3. The van der Waals surface area contributed by atoms with Gasteiger partial charge in [-0.05, 0) is 89.5 Å². The number of allylic oxidation sites excluding steroid dienone is 9. The van der Waals surface area contributed by atoms with Gasteiger partial charge in [0.05, 0.1) is 0 Å². The van der Waals surface area contributed by atoms with E-state index in [1.807, 2.05) is 0 Å². The van der Waals surface area contributed by atoms with Crippen LogP contribution in [0.25, 0.3) is 0 Å². The maximum Gasteiger partial charge on any atom is 0.322 e. The number of amides is 1. The van der Waals surface area contributed by atoms with Crippen molar-refractivity contribution in [2.75, 3.05) is 6.54 Å². The largest absolute Gasteiger partial charge is 0.480 e. The predicted octanol–water partition coefficient (Wildman–Crippen LogP) is 12.8. The number of carboxylic acids is 1. The first-order valence-corrected chi connectivity index (χ1v) is 20.9. The van der Waals surface area contributed by atoms with Gasteiger partial charge in [-0.15, -0.1) is 0 Å². The number of hydrogen-bond donors (Lipinski definition) is 2. The number of esters is 1. The third kappa shape index (κ3) is 39.7. The summed E-state index contributed by atoms with van der Waals surface area (Å²) in [7, 11) is 0. The molecule has 2 N–H and O–H groups in total. The van der Waals surface area contributed by atoms with Gasteiger partial charge in [-0.25, -0.2) is 0 Å². The van der Waals surface area contributed by atoms with Crippen LogP contribution in [0, 0.1) is 0 Å². The highest BCUT2D eigenvalue weighted by Gasteiger charge is 2.11. The van der Waals surface area contributed by atoms with Crippen molar-refractivity contribution in [3.8, 4) is 0 Å². The minimum absolute atomic E-state index is 0.0982. The monoisotopic (exact) mass is 712 g/mol. The topological polar surface area (TPSA) is 92.7 Å². The van der Waals surface area contributed by atoms with E-state index in [2.05, 4.69) is 79.9 Å². The van der Waals surface area contributed by atoms with Gasteiger partial charge in [0.15, 0.2) is 0 Å². The lowest BCUT2D eigenvalue weighted by atomic mass is 10.1. The van der Waals surface area contributed by atoms with Crippen molar-refractivity contribution in [1.82, 2.24) is 5.32 Å². The molecule has 0 aromatic heterocycles. The lowest BCUT2D eigenvalue weighted by molar-refractivity contribution is -0.147. The zero-order chi connectivity index (χ0) is 37.3. The van der Waals surface area contributed by atoms with E-state index < -0.39 is 5.97 Å². The van der Waals surface area contributed by atoms with Crippen LogP contribution in [0.5, 0.6) is 0 Å². The third-order valence-corrected chi connectivity index (χ3v) is 8.90. The first kappa shape index (κ1) is 48.1. The third-order valence-electron chi connectivity index (χ3n) is 8.90. The molecule has 0 aliphatic carbocycles. The van der Waals surface area contributed by atoms with E-state index >= 15 is 0 Å². The molecule has 0 aromatic rings. The fraction of sp³-hybridized carbons (Fsp3) is 0.711. The number of nitrogens with one attached hydrogen (secondary N) is 1. The molecule has 0 rings (SSSR count). The van der Waals surface area contributed by atoms with Crippen molar-refractivity contribution < 1.29 is 24.2 Å². The molecule has 1 atom stereocenters. The number of hydrogen-bond acceptors (Lipinski definition) is 4. The van der Waals surface area contributed by atoms with Crippen LogP contribution >= 0.6 is 0 Å². The normalized spacial score (nSPS) is 12.7. The molecule has 1 amide bonds. The summed E-state index contributed by atoms with van der Waals surface area (Å²) in [5.74, 6) is -1.34. The molecule has 292 valence electrons. The summed E-state index contributed by atoms with van der Waals surface area (Å²) in [4.78, 5) is 34.9. The predicted molar refractivity (Wildman–Crippen MR) is 217 cm³/mol. The van der Waals surface area contributed by atoms with Gasteiger partial charge in [0.2, 0.25) is 5.91 Å². The summed E-state index contributed by atoms with van der Waals surface area (Å²) >= 11 is 0. The Balaban J connectivity index is 4.26. The van der Waals surface area contributed by atoms with Crippen molar-refractivity contribution >= 4 is 17.8 Å². The fourth-order valence-electron chi connectivity index (χ4n) is 5.76. The number of rotatable bonds is 37. The summed E-state index contributed by atoms with van der Waals surface area (Å²) in [6, 6.07) is 0. The molecule has 0 heterocycles. The molecule has 0 saturated carbocycles. The van der Waals surface area contributed by atoms with E-state index in [1.54, 1.807) is 0 Å². The highest BCUT2D eigenvalue weighted by Crippen LogP contribution is 2.15. The summed E-state index contributed by atoms with van der Waals surface area (Å²) < 4.78 is 5.91. The van der Waals surface area contributed by atoms with E-state index in [0.717, 1.165) is 77.0 Å². The van der Waals surface area contributed by atoms with Gasteiger partial charge in [0.1, 0.15) is 12.6 Å². The van der Waals surface area contributed by atoms with Crippen molar-refractivity contribution in [1.29, 1.82) is 0 Å². The molecule has 1 unspecified atom stereocenters. The van der Waals surface area contributed by atoms with Gasteiger partial charge in [0.25, 0.3) is 0 Å². The number of ether oxygens (including phenoxy) is 1. The molecule has 0 aliphatic rings. The Kier molecular flexibility index (Phi) is 37.6. The summed E-state index contributed by atoms with van der Waals surface area (Å²) in [6.45, 7) is 4.16. The van der Waals surface area contributed by atoms with Gasteiger partial charge >= 0.3 is 11.9 Å². The molecule has 0 aromatic carbocycles. The Hall–Kier alpha value is -2.89. The smallest absolute Gasteiger partial charge is 0.322 e. The summed E-state index contributed by atoms with van der Waals surface area (Å²) in [5, 5.41) is 11.1. The molecule has 51 heavy (non-hydrogen) atoms. The zero-order valence-electron chi connectivity index (χ0n) is 32.9. The molecule has 0 fully saturated rings. The number of unbranched alkanes of at least 4 members (excludes halogenated alkanes) is 18. The van der Waals surface area contributed by atoms with E-state index in [4.69, 9.17) is 9.84 Å². The van der Waals surface area contributed by atoms with Crippen LogP contribution in [0.4, 0.5) is 0 Å². The highest BCUT2D eigenvalue weighted by molar-refractivity contribution is 5.80. The highest BCUT2D eigenvalue weighted by atomic mass is 16.5. The summed E-state index contributed by atoms with van der Waals surface area (Å²) in [5.41, 5.74) is 0. The van der Waals surface area contributed by atoms with Gasteiger partial charge in [-0.1, -0.05) is 152 Å². The maximum absolute atomic E-state index is 12.7. The van der Waals surface area contributed by atoms with Crippen molar-refractivity contribution in [2.24, 2.45) is 0 Å². The average Bonchev–Trinajstić information content (AvgIpc) is 3.11.